The second kappa shape index (κ2) is 6.48. The Hall–Kier alpha value is -1.88. The average Bonchev–Trinajstić information content (AvgIpc) is 3.00. The Bertz CT molecular complexity index is 686. The van der Waals surface area contributed by atoms with Crippen molar-refractivity contribution >= 4 is 0 Å². The van der Waals surface area contributed by atoms with Crippen molar-refractivity contribution < 1.29 is 0 Å². The van der Waals surface area contributed by atoms with Gasteiger partial charge in [-0.05, 0) is 44.5 Å². The number of imidazole rings is 1. The minimum atomic E-state index is 0.0103. The van der Waals surface area contributed by atoms with E-state index in [4.69, 9.17) is 0 Å². The van der Waals surface area contributed by atoms with Crippen molar-refractivity contribution in [2.75, 3.05) is 19.6 Å². The highest BCUT2D eigenvalue weighted by Gasteiger charge is 2.23. The summed E-state index contributed by atoms with van der Waals surface area (Å²) in [7, 11) is 1.78. The number of likely N-dealkylation sites (tertiary alicyclic amines) is 1. The summed E-state index contributed by atoms with van der Waals surface area (Å²) in [5, 5.41) is 0. The topological polar surface area (TPSA) is 43.1 Å². The highest BCUT2D eigenvalue weighted by Crippen LogP contribution is 2.26. The zero-order chi connectivity index (χ0) is 15.5. The van der Waals surface area contributed by atoms with Crippen LogP contribution < -0.4 is 5.56 Å². The lowest BCUT2D eigenvalue weighted by atomic mass is 10.0. The van der Waals surface area contributed by atoms with Gasteiger partial charge in [-0.1, -0.05) is 6.92 Å². The van der Waals surface area contributed by atoms with E-state index in [1.807, 2.05) is 18.3 Å². The molecule has 3 heterocycles. The first-order chi connectivity index (χ1) is 10.7. The molecule has 0 N–H and O–H groups in total. The summed E-state index contributed by atoms with van der Waals surface area (Å²) in [6.07, 6.45) is 9.14. The highest BCUT2D eigenvalue weighted by molar-refractivity contribution is 5.54. The third-order valence-electron chi connectivity index (χ3n) is 4.45. The Labute approximate surface area is 131 Å². The molecule has 2 aromatic heterocycles. The SMILES string of the molecule is CCCN1CCCC(n2ccnc2-c2cccn(C)c2=O)C1. The molecule has 0 spiro atoms. The first kappa shape index (κ1) is 15.0. The maximum absolute atomic E-state index is 12.4. The Morgan fingerprint density at radius 3 is 3.05 bits per heavy atom. The fourth-order valence-electron chi connectivity index (χ4n) is 3.36. The Balaban J connectivity index is 1.92. The van der Waals surface area contributed by atoms with Gasteiger partial charge in [0, 0.05) is 38.2 Å². The number of piperidine rings is 1. The van der Waals surface area contributed by atoms with Gasteiger partial charge in [0.1, 0.15) is 5.82 Å². The van der Waals surface area contributed by atoms with Crippen LogP contribution in [0.15, 0.2) is 35.5 Å². The van der Waals surface area contributed by atoms with Crippen molar-refractivity contribution in [2.45, 2.75) is 32.2 Å². The van der Waals surface area contributed by atoms with E-state index in [1.165, 1.54) is 19.4 Å². The smallest absolute Gasteiger partial charge is 0.261 e. The van der Waals surface area contributed by atoms with Crippen LogP contribution in [0, 0.1) is 0 Å². The fourth-order valence-corrected chi connectivity index (χ4v) is 3.36. The standard InChI is InChI=1S/C17H24N4O/c1-3-9-20-11-4-6-14(13-20)21-12-8-18-16(21)15-7-5-10-19(2)17(15)22/h5,7-8,10,12,14H,3-4,6,9,11,13H2,1-2H3. The van der Waals surface area contributed by atoms with Crippen LogP contribution in [0.3, 0.4) is 0 Å². The van der Waals surface area contributed by atoms with E-state index >= 15 is 0 Å². The molecule has 0 aliphatic carbocycles. The third kappa shape index (κ3) is 2.86. The number of rotatable bonds is 4. The predicted molar refractivity (Wildman–Crippen MR) is 87.9 cm³/mol. The normalized spacial score (nSPS) is 19.5. The molecule has 0 radical (unpaired) electrons. The summed E-state index contributed by atoms with van der Waals surface area (Å²) >= 11 is 0. The monoisotopic (exact) mass is 300 g/mol. The molecule has 3 rings (SSSR count). The van der Waals surface area contributed by atoms with Crippen LogP contribution in [0.2, 0.25) is 0 Å². The van der Waals surface area contributed by atoms with E-state index in [1.54, 1.807) is 24.0 Å². The number of aryl methyl sites for hydroxylation is 1. The van der Waals surface area contributed by atoms with Gasteiger partial charge in [-0.25, -0.2) is 4.98 Å². The van der Waals surface area contributed by atoms with Crippen molar-refractivity contribution in [1.82, 2.24) is 19.0 Å². The molecule has 0 saturated carbocycles. The molecular formula is C17H24N4O. The average molecular weight is 300 g/mol. The molecular weight excluding hydrogens is 276 g/mol. The zero-order valence-corrected chi connectivity index (χ0v) is 13.4. The van der Waals surface area contributed by atoms with E-state index in [0.717, 1.165) is 25.3 Å². The van der Waals surface area contributed by atoms with E-state index in [9.17, 15) is 4.79 Å². The molecule has 1 saturated heterocycles. The van der Waals surface area contributed by atoms with Crippen molar-refractivity contribution in [3.8, 4) is 11.4 Å². The predicted octanol–water partition coefficient (Wildman–Crippen LogP) is 2.30. The summed E-state index contributed by atoms with van der Waals surface area (Å²) in [4.78, 5) is 19.3. The second-order valence-corrected chi connectivity index (χ2v) is 6.09. The molecule has 0 amide bonds. The first-order valence-electron chi connectivity index (χ1n) is 8.12. The van der Waals surface area contributed by atoms with Crippen LogP contribution in [0.5, 0.6) is 0 Å². The van der Waals surface area contributed by atoms with Gasteiger partial charge in [0.05, 0.1) is 5.56 Å². The van der Waals surface area contributed by atoms with Gasteiger partial charge in [0.2, 0.25) is 0 Å². The Kier molecular flexibility index (Phi) is 4.43. The number of aromatic nitrogens is 3. The Morgan fingerprint density at radius 1 is 1.36 bits per heavy atom. The van der Waals surface area contributed by atoms with Gasteiger partial charge >= 0.3 is 0 Å². The second-order valence-electron chi connectivity index (χ2n) is 6.09. The van der Waals surface area contributed by atoms with E-state index < -0.39 is 0 Å². The van der Waals surface area contributed by atoms with Crippen LogP contribution in [0.4, 0.5) is 0 Å². The van der Waals surface area contributed by atoms with E-state index in [2.05, 4.69) is 21.4 Å². The molecule has 22 heavy (non-hydrogen) atoms. The fraction of sp³-hybridized carbons (Fsp3) is 0.529. The van der Waals surface area contributed by atoms with Gasteiger partial charge in [-0.3, -0.25) is 4.79 Å². The maximum Gasteiger partial charge on any atom is 0.261 e. The van der Waals surface area contributed by atoms with Gasteiger partial charge in [-0.2, -0.15) is 0 Å². The zero-order valence-electron chi connectivity index (χ0n) is 13.4. The number of hydrogen-bond donors (Lipinski definition) is 0. The van der Waals surface area contributed by atoms with Crippen molar-refractivity contribution in [2.24, 2.45) is 7.05 Å². The molecule has 5 nitrogen and oxygen atoms in total. The van der Waals surface area contributed by atoms with Crippen LogP contribution >= 0.6 is 0 Å². The van der Waals surface area contributed by atoms with Gasteiger partial charge < -0.3 is 14.0 Å². The number of nitrogens with zero attached hydrogens (tertiary/aromatic N) is 4. The number of pyridine rings is 1. The molecule has 1 fully saturated rings. The molecule has 1 unspecified atom stereocenters. The molecule has 1 aliphatic rings. The molecule has 2 aromatic rings. The molecule has 1 atom stereocenters. The minimum Gasteiger partial charge on any atom is -0.326 e. The van der Waals surface area contributed by atoms with E-state index in [0.29, 0.717) is 11.6 Å². The maximum atomic E-state index is 12.4. The van der Waals surface area contributed by atoms with Crippen molar-refractivity contribution in [3.05, 3.63) is 41.1 Å². The molecule has 5 heteroatoms. The van der Waals surface area contributed by atoms with Gasteiger partial charge in [0.15, 0.2) is 0 Å². The van der Waals surface area contributed by atoms with Crippen LogP contribution in [-0.4, -0.2) is 38.7 Å². The molecule has 0 bridgehead atoms. The van der Waals surface area contributed by atoms with E-state index in [-0.39, 0.29) is 5.56 Å². The molecule has 0 aromatic carbocycles. The summed E-state index contributed by atoms with van der Waals surface area (Å²) in [6, 6.07) is 4.18. The van der Waals surface area contributed by atoms with Crippen molar-refractivity contribution in [1.29, 1.82) is 0 Å². The molecule has 118 valence electrons. The quantitative estimate of drug-likeness (QED) is 0.870. The summed E-state index contributed by atoms with van der Waals surface area (Å²) in [5.74, 6) is 0.796. The summed E-state index contributed by atoms with van der Waals surface area (Å²) in [6.45, 7) is 5.60. The number of hydrogen-bond acceptors (Lipinski definition) is 3. The largest absolute Gasteiger partial charge is 0.326 e. The van der Waals surface area contributed by atoms with Gasteiger partial charge in [-0.15, -0.1) is 0 Å². The van der Waals surface area contributed by atoms with Crippen LogP contribution in [0.25, 0.3) is 11.4 Å². The lowest BCUT2D eigenvalue weighted by molar-refractivity contribution is 0.178. The lowest BCUT2D eigenvalue weighted by Gasteiger charge is -2.33. The minimum absolute atomic E-state index is 0.0103. The highest BCUT2D eigenvalue weighted by atomic mass is 16.1. The van der Waals surface area contributed by atoms with Crippen LogP contribution in [0.1, 0.15) is 32.2 Å². The van der Waals surface area contributed by atoms with Gasteiger partial charge in [0.25, 0.3) is 5.56 Å². The summed E-state index contributed by atoms with van der Waals surface area (Å²) < 4.78 is 3.80. The lowest BCUT2D eigenvalue weighted by Crippen LogP contribution is -2.37. The third-order valence-corrected chi connectivity index (χ3v) is 4.45. The Morgan fingerprint density at radius 2 is 2.23 bits per heavy atom. The van der Waals surface area contributed by atoms with Crippen LogP contribution in [-0.2, 0) is 7.05 Å². The first-order valence-corrected chi connectivity index (χ1v) is 8.12. The molecule has 1 aliphatic heterocycles. The van der Waals surface area contributed by atoms with Crippen molar-refractivity contribution in [3.63, 3.8) is 0 Å². The summed E-state index contributed by atoms with van der Waals surface area (Å²) in [5.41, 5.74) is 0.693.